The number of nitrogens with two attached hydrogens (primary N) is 1. The lowest BCUT2D eigenvalue weighted by atomic mass is 9.97. The summed E-state index contributed by atoms with van der Waals surface area (Å²) in [6.07, 6.45) is 6.10. The molecule has 5 nitrogen and oxygen atoms in total. The molecular formula is C19H29N3O2. The molecule has 1 aromatic rings. The molecule has 2 aliphatic rings. The van der Waals surface area contributed by atoms with Gasteiger partial charge in [-0.05, 0) is 44.8 Å². The van der Waals surface area contributed by atoms with Gasteiger partial charge in [0.15, 0.2) is 0 Å². The van der Waals surface area contributed by atoms with Crippen LogP contribution in [-0.2, 0) is 4.79 Å². The van der Waals surface area contributed by atoms with E-state index in [0.29, 0.717) is 6.54 Å². The average molecular weight is 331 g/mol. The van der Waals surface area contributed by atoms with Crippen molar-refractivity contribution < 1.29 is 9.53 Å². The first-order chi connectivity index (χ1) is 11.6. The summed E-state index contributed by atoms with van der Waals surface area (Å²) < 4.78 is 5.55. The molecule has 1 aliphatic heterocycles. The first kappa shape index (κ1) is 17.2. The Balaban J connectivity index is 1.74. The quantitative estimate of drug-likeness (QED) is 0.839. The lowest BCUT2D eigenvalue weighted by Crippen LogP contribution is -2.53. The van der Waals surface area contributed by atoms with Crippen molar-refractivity contribution in [1.29, 1.82) is 0 Å². The van der Waals surface area contributed by atoms with Crippen LogP contribution in [0.3, 0.4) is 0 Å². The van der Waals surface area contributed by atoms with Crippen molar-refractivity contribution in [3.63, 3.8) is 0 Å². The van der Waals surface area contributed by atoms with E-state index in [1.165, 1.54) is 12.8 Å². The number of para-hydroxylation sites is 1. The molecule has 3 rings (SSSR count). The summed E-state index contributed by atoms with van der Waals surface area (Å²) >= 11 is 0. The summed E-state index contributed by atoms with van der Waals surface area (Å²) in [5, 5.41) is 3.13. The third-order valence-electron chi connectivity index (χ3n) is 5.48. The van der Waals surface area contributed by atoms with Crippen LogP contribution in [0.1, 0.15) is 50.1 Å². The van der Waals surface area contributed by atoms with Gasteiger partial charge in [-0.3, -0.25) is 9.69 Å². The molecule has 1 atom stereocenters. The first-order valence-electron chi connectivity index (χ1n) is 9.08. The highest BCUT2D eigenvalue weighted by atomic mass is 16.5. The van der Waals surface area contributed by atoms with Gasteiger partial charge in [0.25, 0.3) is 0 Å². The number of methoxy groups -OCH3 is 1. The van der Waals surface area contributed by atoms with Crippen molar-refractivity contribution in [2.75, 3.05) is 26.7 Å². The Hall–Kier alpha value is -1.59. The molecule has 0 bridgehead atoms. The zero-order chi connectivity index (χ0) is 17.0. The van der Waals surface area contributed by atoms with Crippen LogP contribution in [0.4, 0.5) is 0 Å². The van der Waals surface area contributed by atoms with Crippen LogP contribution in [0.5, 0.6) is 5.75 Å². The van der Waals surface area contributed by atoms with E-state index >= 15 is 0 Å². The third kappa shape index (κ3) is 3.57. The Bertz CT molecular complexity index is 563. The fourth-order valence-corrected chi connectivity index (χ4v) is 4.03. The molecule has 1 heterocycles. The fraction of sp³-hybridized carbons (Fsp3) is 0.632. The van der Waals surface area contributed by atoms with Gasteiger partial charge in [-0.2, -0.15) is 0 Å². The molecule has 0 radical (unpaired) electrons. The van der Waals surface area contributed by atoms with E-state index in [0.717, 1.165) is 50.1 Å². The Labute approximate surface area is 144 Å². The van der Waals surface area contributed by atoms with E-state index in [1.807, 2.05) is 18.2 Å². The Morgan fingerprint density at radius 2 is 1.92 bits per heavy atom. The minimum absolute atomic E-state index is 0.000838. The van der Waals surface area contributed by atoms with Gasteiger partial charge < -0.3 is 15.8 Å². The minimum Gasteiger partial charge on any atom is -0.496 e. The number of nitrogens with one attached hydrogen (secondary N) is 1. The number of carbonyl (C=O) groups is 1. The van der Waals surface area contributed by atoms with Crippen molar-refractivity contribution in [2.24, 2.45) is 5.73 Å². The van der Waals surface area contributed by atoms with E-state index in [4.69, 9.17) is 10.5 Å². The number of likely N-dealkylation sites (tertiary alicyclic amines) is 1. The number of rotatable bonds is 6. The Morgan fingerprint density at radius 1 is 1.25 bits per heavy atom. The van der Waals surface area contributed by atoms with Crippen molar-refractivity contribution in [1.82, 2.24) is 10.2 Å². The maximum Gasteiger partial charge on any atom is 0.240 e. The second kappa shape index (κ2) is 7.53. The number of benzene rings is 1. The lowest BCUT2D eigenvalue weighted by Gasteiger charge is -2.31. The molecule has 24 heavy (non-hydrogen) atoms. The number of hydrogen-bond acceptors (Lipinski definition) is 4. The molecule has 3 N–H and O–H groups in total. The highest BCUT2D eigenvalue weighted by Crippen LogP contribution is 2.32. The molecule has 0 spiro atoms. The van der Waals surface area contributed by atoms with E-state index in [1.54, 1.807) is 7.11 Å². The van der Waals surface area contributed by atoms with Crippen molar-refractivity contribution >= 4 is 5.91 Å². The molecule has 1 aromatic carbocycles. The van der Waals surface area contributed by atoms with Crippen molar-refractivity contribution in [3.05, 3.63) is 29.8 Å². The first-order valence-corrected chi connectivity index (χ1v) is 9.08. The summed E-state index contributed by atoms with van der Waals surface area (Å²) in [5.41, 5.74) is 6.75. The number of nitrogens with zero attached hydrogens (tertiary/aromatic N) is 1. The van der Waals surface area contributed by atoms with Crippen LogP contribution in [0.25, 0.3) is 0 Å². The monoisotopic (exact) mass is 331 g/mol. The van der Waals surface area contributed by atoms with Gasteiger partial charge in [-0.15, -0.1) is 0 Å². The summed E-state index contributed by atoms with van der Waals surface area (Å²) in [7, 11) is 1.70. The van der Waals surface area contributed by atoms with E-state index in [9.17, 15) is 4.79 Å². The van der Waals surface area contributed by atoms with Gasteiger partial charge in [-0.1, -0.05) is 31.0 Å². The van der Waals surface area contributed by atoms with Crippen LogP contribution < -0.4 is 15.8 Å². The molecule has 1 saturated heterocycles. The summed E-state index contributed by atoms with van der Waals surface area (Å²) in [5.74, 6) is 0.881. The maximum absolute atomic E-state index is 12.6. The molecule has 132 valence electrons. The largest absolute Gasteiger partial charge is 0.496 e. The maximum atomic E-state index is 12.6. The van der Waals surface area contributed by atoms with Gasteiger partial charge >= 0.3 is 0 Å². The van der Waals surface area contributed by atoms with Crippen LogP contribution in [0.2, 0.25) is 0 Å². The number of hydrogen-bond donors (Lipinski definition) is 2. The number of carbonyl (C=O) groups excluding carboxylic acids is 1. The highest BCUT2D eigenvalue weighted by molar-refractivity contribution is 5.86. The van der Waals surface area contributed by atoms with E-state index in [2.05, 4.69) is 16.3 Å². The normalized spacial score (nSPS) is 21.6. The van der Waals surface area contributed by atoms with Gasteiger partial charge in [0, 0.05) is 12.1 Å². The van der Waals surface area contributed by atoms with Crippen molar-refractivity contribution in [3.8, 4) is 5.75 Å². The lowest BCUT2D eigenvalue weighted by molar-refractivity contribution is -0.126. The predicted molar refractivity (Wildman–Crippen MR) is 94.9 cm³/mol. The van der Waals surface area contributed by atoms with Crippen LogP contribution in [0, 0.1) is 0 Å². The summed E-state index contributed by atoms with van der Waals surface area (Å²) in [6.45, 7) is 2.71. The van der Waals surface area contributed by atoms with Crippen molar-refractivity contribution in [2.45, 2.75) is 50.1 Å². The zero-order valence-corrected chi connectivity index (χ0v) is 14.6. The van der Waals surface area contributed by atoms with Gasteiger partial charge in [0.2, 0.25) is 5.91 Å². The number of ether oxygens (including phenoxy) is 1. The molecule has 5 heteroatoms. The molecular weight excluding hydrogens is 302 g/mol. The van der Waals surface area contributed by atoms with E-state index in [-0.39, 0.29) is 11.9 Å². The highest BCUT2D eigenvalue weighted by Gasteiger charge is 2.37. The molecule has 1 saturated carbocycles. The Morgan fingerprint density at radius 3 is 2.58 bits per heavy atom. The average Bonchev–Trinajstić information content (AvgIpc) is 3.28. The molecule has 1 amide bonds. The third-order valence-corrected chi connectivity index (χ3v) is 5.48. The van der Waals surface area contributed by atoms with Crippen LogP contribution in [-0.4, -0.2) is 43.1 Å². The van der Waals surface area contributed by atoms with Gasteiger partial charge in [0.1, 0.15) is 5.75 Å². The summed E-state index contributed by atoms with van der Waals surface area (Å²) in [4.78, 5) is 15.0. The second-order valence-electron chi connectivity index (χ2n) is 7.07. The Kier molecular flexibility index (Phi) is 5.41. The summed E-state index contributed by atoms with van der Waals surface area (Å²) in [6, 6.07) is 8.24. The molecule has 2 fully saturated rings. The van der Waals surface area contributed by atoms with Gasteiger partial charge in [-0.25, -0.2) is 0 Å². The smallest absolute Gasteiger partial charge is 0.240 e. The standard InChI is InChI=1S/C19H29N3O2/c1-24-17-9-3-2-8-15(17)16(22-12-6-7-13-22)14-21-18(23)19(20)10-4-5-11-19/h2-3,8-9,16H,4-7,10-14,20H2,1H3,(H,21,23). The molecule has 1 unspecified atom stereocenters. The molecule has 0 aromatic heterocycles. The van der Waals surface area contributed by atoms with E-state index < -0.39 is 5.54 Å². The predicted octanol–water partition coefficient (Wildman–Crippen LogP) is 2.22. The van der Waals surface area contributed by atoms with Crippen LogP contribution >= 0.6 is 0 Å². The SMILES string of the molecule is COc1ccccc1C(CNC(=O)C1(N)CCCC1)N1CCCC1. The number of amides is 1. The zero-order valence-electron chi connectivity index (χ0n) is 14.6. The fourth-order valence-electron chi connectivity index (χ4n) is 4.03. The molecule has 1 aliphatic carbocycles. The van der Waals surface area contributed by atoms with Crippen LogP contribution in [0.15, 0.2) is 24.3 Å². The minimum atomic E-state index is -0.670. The van der Waals surface area contributed by atoms with Gasteiger partial charge in [0.05, 0.1) is 18.7 Å². The second-order valence-corrected chi connectivity index (χ2v) is 7.07. The topological polar surface area (TPSA) is 67.6 Å².